The second-order valence-electron chi connectivity index (χ2n) is 5.25. The third-order valence-corrected chi connectivity index (χ3v) is 3.49. The van der Waals surface area contributed by atoms with Gasteiger partial charge in [-0.15, -0.1) is 0 Å². The summed E-state index contributed by atoms with van der Waals surface area (Å²) in [5.74, 6) is -0.766. The van der Waals surface area contributed by atoms with Crippen molar-refractivity contribution in [2.45, 2.75) is 6.92 Å². The molecule has 0 fully saturated rings. The Morgan fingerprint density at radius 1 is 1.17 bits per heavy atom. The number of carboxylic acids is 1. The molecule has 0 saturated heterocycles. The Morgan fingerprint density at radius 3 is 2.58 bits per heavy atom. The molecule has 3 aromatic rings. The molecule has 0 radical (unpaired) electrons. The fraction of sp³-hybridized carbons (Fsp3) is 0.0556. The van der Waals surface area contributed by atoms with Gasteiger partial charge in [0.05, 0.1) is 5.57 Å². The van der Waals surface area contributed by atoms with Gasteiger partial charge in [-0.05, 0) is 23.8 Å². The number of rotatable bonds is 4. The van der Waals surface area contributed by atoms with Gasteiger partial charge in [0.2, 0.25) is 5.91 Å². The second-order valence-corrected chi connectivity index (χ2v) is 5.25. The Balaban J connectivity index is 2.05. The fourth-order valence-corrected chi connectivity index (χ4v) is 2.44. The van der Waals surface area contributed by atoms with Crippen molar-refractivity contribution in [1.29, 1.82) is 0 Å². The van der Waals surface area contributed by atoms with Crippen LogP contribution in [-0.4, -0.2) is 27.0 Å². The minimum atomic E-state index is -1.00. The van der Waals surface area contributed by atoms with E-state index in [1.54, 1.807) is 48.7 Å². The molecular weight excluding hydrogens is 306 g/mol. The standard InChI is InChI=1S/C18H15N3O3/c1-11(22)20-16-8-7-14-13(10-19-17(14)21-16)9-15(18(23)24)12-5-3-2-4-6-12/h2-10H,1H3,(H,23,24)(H2,19,20,21,22). The molecule has 6 heteroatoms. The van der Waals surface area contributed by atoms with E-state index < -0.39 is 5.97 Å². The van der Waals surface area contributed by atoms with Crippen LogP contribution in [0.3, 0.4) is 0 Å². The van der Waals surface area contributed by atoms with Crippen LogP contribution in [0.2, 0.25) is 0 Å². The lowest BCUT2D eigenvalue weighted by Gasteiger charge is -2.03. The zero-order chi connectivity index (χ0) is 17.1. The molecule has 0 aliphatic heterocycles. The number of H-pyrrole nitrogens is 1. The lowest BCUT2D eigenvalue weighted by atomic mass is 10.0. The Hall–Kier alpha value is -3.41. The number of nitrogens with one attached hydrogen (secondary N) is 2. The number of carbonyl (C=O) groups excluding carboxylic acids is 1. The number of amides is 1. The molecule has 1 aromatic carbocycles. The summed E-state index contributed by atoms with van der Waals surface area (Å²) >= 11 is 0. The first-order valence-electron chi connectivity index (χ1n) is 7.31. The largest absolute Gasteiger partial charge is 0.478 e. The highest BCUT2D eigenvalue weighted by atomic mass is 16.4. The van der Waals surface area contributed by atoms with Crippen LogP contribution >= 0.6 is 0 Å². The summed E-state index contributed by atoms with van der Waals surface area (Å²) in [6, 6.07) is 12.4. The van der Waals surface area contributed by atoms with Crippen LogP contribution in [0.1, 0.15) is 18.1 Å². The van der Waals surface area contributed by atoms with E-state index in [0.717, 1.165) is 5.39 Å². The van der Waals surface area contributed by atoms with E-state index in [0.29, 0.717) is 22.6 Å². The Morgan fingerprint density at radius 2 is 1.92 bits per heavy atom. The topological polar surface area (TPSA) is 95.1 Å². The molecule has 0 aliphatic carbocycles. The SMILES string of the molecule is CC(=O)Nc1ccc2c(C=C(C(=O)O)c3ccccc3)c[nH]c2n1. The summed E-state index contributed by atoms with van der Waals surface area (Å²) in [6.45, 7) is 1.41. The number of aromatic amines is 1. The summed E-state index contributed by atoms with van der Waals surface area (Å²) in [4.78, 5) is 30.0. The number of nitrogens with zero attached hydrogens (tertiary/aromatic N) is 1. The Labute approximate surface area is 137 Å². The molecule has 0 spiro atoms. The predicted octanol–water partition coefficient (Wildman–Crippen LogP) is 3.15. The molecule has 0 atom stereocenters. The van der Waals surface area contributed by atoms with Crippen molar-refractivity contribution in [2.75, 3.05) is 5.32 Å². The Bertz CT molecular complexity index is 943. The number of benzene rings is 1. The molecule has 120 valence electrons. The van der Waals surface area contributed by atoms with Crippen LogP contribution in [0.4, 0.5) is 5.82 Å². The van der Waals surface area contributed by atoms with Crippen LogP contribution in [0.5, 0.6) is 0 Å². The molecule has 0 saturated carbocycles. The van der Waals surface area contributed by atoms with Crippen molar-refractivity contribution in [3.63, 3.8) is 0 Å². The average molecular weight is 321 g/mol. The molecule has 0 unspecified atom stereocenters. The number of carboxylic acid groups (broad SMARTS) is 1. The van der Waals surface area contributed by atoms with Gasteiger partial charge in [0, 0.05) is 24.1 Å². The molecule has 24 heavy (non-hydrogen) atoms. The average Bonchev–Trinajstić information content (AvgIpc) is 2.94. The van der Waals surface area contributed by atoms with E-state index in [1.807, 2.05) is 6.07 Å². The zero-order valence-electron chi connectivity index (χ0n) is 12.9. The van der Waals surface area contributed by atoms with Gasteiger partial charge >= 0.3 is 5.97 Å². The number of aliphatic carboxylic acids is 1. The number of hydrogen-bond donors (Lipinski definition) is 3. The number of pyridine rings is 1. The van der Waals surface area contributed by atoms with Gasteiger partial charge in [0.15, 0.2) is 0 Å². The van der Waals surface area contributed by atoms with Gasteiger partial charge in [-0.3, -0.25) is 4.79 Å². The van der Waals surface area contributed by atoms with Crippen LogP contribution in [-0.2, 0) is 9.59 Å². The van der Waals surface area contributed by atoms with E-state index in [-0.39, 0.29) is 11.5 Å². The van der Waals surface area contributed by atoms with Crippen molar-refractivity contribution in [1.82, 2.24) is 9.97 Å². The monoisotopic (exact) mass is 321 g/mol. The minimum Gasteiger partial charge on any atom is -0.478 e. The zero-order valence-corrected chi connectivity index (χ0v) is 12.9. The van der Waals surface area contributed by atoms with Gasteiger partial charge in [0.25, 0.3) is 0 Å². The first kappa shape index (κ1) is 15.5. The molecule has 3 rings (SSSR count). The molecule has 0 bridgehead atoms. The molecule has 2 aromatic heterocycles. The first-order valence-corrected chi connectivity index (χ1v) is 7.31. The molecule has 3 N–H and O–H groups in total. The summed E-state index contributed by atoms with van der Waals surface area (Å²) in [7, 11) is 0. The number of anilines is 1. The van der Waals surface area contributed by atoms with Crippen LogP contribution < -0.4 is 5.32 Å². The third kappa shape index (κ3) is 3.17. The molecule has 6 nitrogen and oxygen atoms in total. The van der Waals surface area contributed by atoms with Gasteiger partial charge in [-0.1, -0.05) is 30.3 Å². The number of carbonyl (C=O) groups is 2. The van der Waals surface area contributed by atoms with E-state index in [4.69, 9.17) is 0 Å². The van der Waals surface area contributed by atoms with E-state index in [1.165, 1.54) is 6.92 Å². The van der Waals surface area contributed by atoms with Gasteiger partial charge in [-0.2, -0.15) is 0 Å². The highest BCUT2D eigenvalue weighted by Crippen LogP contribution is 2.24. The molecule has 1 amide bonds. The smallest absolute Gasteiger partial charge is 0.336 e. The van der Waals surface area contributed by atoms with Crippen molar-refractivity contribution < 1.29 is 14.7 Å². The summed E-state index contributed by atoms with van der Waals surface area (Å²) in [5.41, 5.74) is 2.11. The molecule has 0 aliphatic rings. The summed E-state index contributed by atoms with van der Waals surface area (Å²) in [5, 5.41) is 12.9. The second kappa shape index (κ2) is 6.37. The fourth-order valence-electron chi connectivity index (χ4n) is 2.44. The van der Waals surface area contributed by atoms with Gasteiger partial charge in [0.1, 0.15) is 11.5 Å². The van der Waals surface area contributed by atoms with Crippen molar-refractivity contribution >= 4 is 40.4 Å². The van der Waals surface area contributed by atoms with Gasteiger partial charge in [-0.25, -0.2) is 9.78 Å². The van der Waals surface area contributed by atoms with Crippen molar-refractivity contribution in [3.8, 4) is 0 Å². The quantitative estimate of drug-likeness (QED) is 0.643. The number of fused-ring (bicyclic) bond motifs is 1. The van der Waals surface area contributed by atoms with Crippen molar-refractivity contribution in [2.24, 2.45) is 0 Å². The summed E-state index contributed by atoms with van der Waals surface area (Å²) < 4.78 is 0. The highest BCUT2D eigenvalue weighted by Gasteiger charge is 2.12. The number of hydrogen-bond acceptors (Lipinski definition) is 3. The maximum atomic E-state index is 11.6. The first-order chi connectivity index (χ1) is 11.5. The Kier molecular flexibility index (Phi) is 4.11. The van der Waals surface area contributed by atoms with Crippen LogP contribution in [0.15, 0.2) is 48.7 Å². The predicted molar refractivity (Wildman–Crippen MR) is 92.3 cm³/mol. The maximum absolute atomic E-state index is 11.6. The lowest BCUT2D eigenvalue weighted by Crippen LogP contribution is -2.07. The minimum absolute atomic E-state index is 0.197. The summed E-state index contributed by atoms with van der Waals surface area (Å²) in [6.07, 6.45) is 3.30. The molecular formula is C18H15N3O3. The lowest BCUT2D eigenvalue weighted by molar-refractivity contribution is -0.130. The van der Waals surface area contributed by atoms with E-state index >= 15 is 0 Å². The van der Waals surface area contributed by atoms with Crippen LogP contribution in [0, 0.1) is 0 Å². The van der Waals surface area contributed by atoms with Gasteiger partial charge < -0.3 is 15.4 Å². The van der Waals surface area contributed by atoms with E-state index in [2.05, 4.69) is 15.3 Å². The highest BCUT2D eigenvalue weighted by molar-refractivity contribution is 6.21. The normalized spacial score (nSPS) is 11.5. The van der Waals surface area contributed by atoms with Crippen LogP contribution in [0.25, 0.3) is 22.7 Å². The molecule has 2 heterocycles. The third-order valence-electron chi connectivity index (χ3n) is 3.49. The van der Waals surface area contributed by atoms with Crippen molar-refractivity contribution in [3.05, 3.63) is 59.8 Å². The maximum Gasteiger partial charge on any atom is 0.336 e. The van der Waals surface area contributed by atoms with E-state index in [9.17, 15) is 14.7 Å². The number of aromatic nitrogens is 2.